The van der Waals surface area contributed by atoms with Crippen molar-refractivity contribution in [2.24, 2.45) is 0 Å². The van der Waals surface area contributed by atoms with Gasteiger partial charge in [-0.3, -0.25) is 0 Å². The van der Waals surface area contributed by atoms with E-state index in [-0.39, 0.29) is 6.04 Å². The van der Waals surface area contributed by atoms with Crippen molar-refractivity contribution in [2.45, 2.75) is 25.9 Å². The molecule has 0 aliphatic rings. The minimum atomic E-state index is -0.0851. The Morgan fingerprint density at radius 3 is 3.08 bits per heavy atom. The fourth-order valence-corrected chi connectivity index (χ4v) is 1.19. The normalized spacial score (nSPS) is 12.4. The molecule has 0 saturated heterocycles. The number of imidazole rings is 1. The Kier molecular flexibility index (Phi) is 3.47. The van der Waals surface area contributed by atoms with Crippen LogP contribution < -0.4 is 5.32 Å². The molecular weight excluding hydrogens is 164 g/mol. The van der Waals surface area contributed by atoms with Gasteiger partial charge in [0, 0.05) is 12.7 Å². The summed E-state index contributed by atoms with van der Waals surface area (Å²) in [5.41, 5.74) is 0.969. The van der Waals surface area contributed by atoms with E-state index in [1.807, 2.05) is 24.7 Å². The van der Waals surface area contributed by atoms with Crippen LogP contribution in [-0.2, 0) is 6.54 Å². The summed E-state index contributed by atoms with van der Waals surface area (Å²) < 4.78 is 1.85. The molecule has 0 amide bonds. The topological polar surface area (TPSA) is 53.6 Å². The molecule has 0 aromatic carbocycles. The van der Waals surface area contributed by atoms with Crippen LogP contribution in [0.5, 0.6) is 0 Å². The number of aromatic nitrogens is 2. The Labute approximate surface area is 78.2 Å². The summed E-state index contributed by atoms with van der Waals surface area (Å²) in [6.07, 6.45) is 4.43. The first-order valence-corrected chi connectivity index (χ1v) is 4.38. The molecule has 1 aromatic heterocycles. The van der Waals surface area contributed by atoms with Gasteiger partial charge >= 0.3 is 0 Å². The molecule has 1 atom stereocenters. The molecule has 4 nitrogen and oxygen atoms in total. The maximum Gasteiger partial charge on any atom is 0.121 e. The van der Waals surface area contributed by atoms with Crippen LogP contribution in [0.4, 0.5) is 0 Å². The van der Waals surface area contributed by atoms with Crippen molar-refractivity contribution in [3.8, 4) is 6.07 Å². The SMILES string of the molecule is CCC(C#N)n1cnc(CNC)c1. The number of rotatable bonds is 4. The number of nitriles is 1. The molecule has 0 aliphatic heterocycles. The molecule has 1 heterocycles. The summed E-state index contributed by atoms with van der Waals surface area (Å²) in [4.78, 5) is 4.17. The maximum absolute atomic E-state index is 8.80. The predicted octanol–water partition coefficient (Wildman–Crippen LogP) is 1.08. The van der Waals surface area contributed by atoms with Gasteiger partial charge in [-0.05, 0) is 13.5 Å². The number of nitrogens with zero attached hydrogens (tertiary/aromatic N) is 3. The first kappa shape index (κ1) is 9.75. The molecular formula is C9H14N4. The third kappa shape index (κ3) is 2.30. The van der Waals surface area contributed by atoms with E-state index < -0.39 is 0 Å². The third-order valence-corrected chi connectivity index (χ3v) is 1.91. The van der Waals surface area contributed by atoms with Crippen molar-refractivity contribution in [3.63, 3.8) is 0 Å². The second-order valence-corrected chi connectivity index (χ2v) is 2.90. The lowest BCUT2D eigenvalue weighted by atomic mass is 10.2. The summed E-state index contributed by atoms with van der Waals surface area (Å²) in [6, 6.07) is 2.14. The van der Waals surface area contributed by atoms with Gasteiger partial charge in [0.15, 0.2) is 0 Å². The van der Waals surface area contributed by atoms with Crippen LogP contribution in [0.2, 0.25) is 0 Å². The van der Waals surface area contributed by atoms with Gasteiger partial charge in [-0.2, -0.15) is 5.26 Å². The highest BCUT2D eigenvalue weighted by atomic mass is 15.1. The predicted molar refractivity (Wildman–Crippen MR) is 49.9 cm³/mol. The summed E-state index contributed by atoms with van der Waals surface area (Å²) in [5.74, 6) is 0. The molecule has 0 spiro atoms. The van der Waals surface area contributed by atoms with Crippen molar-refractivity contribution in [2.75, 3.05) is 7.05 Å². The highest BCUT2D eigenvalue weighted by Gasteiger charge is 2.06. The van der Waals surface area contributed by atoms with Gasteiger partial charge in [0.05, 0.1) is 18.1 Å². The largest absolute Gasteiger partial charge is 0.321 e. The molecule has 1 aromatic rings. The Balaban J connectivity index is 2.73. The lowest BCUT2D eigenvalue weighted by Crippen LogP contribution is -2.06. The van der Waals surface area contributed by atoms with E-state index in [1.54, 1.807) is 6.33 Å². The zero-order chi connectivity index (χ0) is 9.68. The standard InChI is InChI=1S/C9H14N4/c1-3-9(4-10)13-6-8(5-11-2)12-7-13/h6-7,9,11H,3,5H2,1-2H3. The van der Waals surface area contributed by atoms with Crippen LogP contribution in [0.3, 0.4) is 0 Å². The second-order valence-electron chi connectivity index (χ2n) is 2.90. The van der Waals surface area contributed by atoms with Crippen LogP contribution in [-0.4, -0.2) is 16.6 Å². The zero-order valence-electron chi connectivity index (χ0n) is 7.99. The fourth-order valence-electron chi connectivity index (χ4n) is 1.19. The smallest absolute Gasteiger partial charge is 0.121 e. The molecule has 13 heavy (non-hydrogen) atoms. The molecule has 1 unspecified atom stereocenters. The summed E-state index contributed by atoms with van der Waals surface area (Å²) in [6.45, 7) is 2.74. The van der Waals surface area contributed by atoms with Crippen molar-refractivity contribution >= 4 is 0 Å². The summed E-state index contributed by atoms with van der Waals surface area (Å²) >= 11 is 0. The lowest BCUT2D eigenvalue weighted by molar-refractivity contribution is 0.595. The van der Waals surface area contributed by atoms with Crippen LogP contribution in [0, 0.1) is 11.3 Å². The van der Waals surface area contributed by atoms with Crippen molar-refractivity contribution in [3.05, 3.63) is 18.2 Å². The molecule has 0 saturated carbocycles. The fraction of sp³-hybridized carbons (Fsp3) is 0.556. The van der Waals surface area contributed by atoms with Gasteiger partial charge in [-0.15, -0.1) is 0 Å². The van der Waals surface area contributed by atoms with Crippen molar-refractivity contribution in [1.29, 1.82) is 5.26 Å². The van der Waals surface area contributed by atoms with E-state index in [1.165, 1.54) is 0 Å². The molecule has 0 bridgehead atoms. The zero-order valence-corrected chi connectivity index (χ0v) is 7.99. The van der Waals surface area contributed by atoms with Crippen LogP contribution in [0.15, 0.2) is 12.5 Å². The van der Waals surface area contributed by atoms with Gasteiger partial charge in [0.25, 0.3) is 0 Å². The quantitative estimate of drug-likeness (QED) is 0.750. The average Bonchev–Trinajstić information content (AvgIpc) is 2.56. The Morgan fingerprint density at radius 2 is 2.54 bits per heavy atom. The van der Waals surface area contributed by atoms with E-state index in [9.17, 15) is 0 Å². The van der Waals surface area contributed by atoms with Gasteiger partial charge in [0.2, 0.25) is 0 Å². The molecule has 1 rings (SSSR count). The van der Waals surface area contributed by atoms with Crippen LogP contribution in [0.1, 0.15) is 25.1 Å². The number of hydrogen-bond donors (Lipinski definition) is 1. The van der Waals surface area contributed by atoms with E-state index in [0.717, 1.165) is 18.7 Å². The summed E-state index contributed by atoms with van der Waals surface area (Å²) in [7, 11) is 1.88. The minimum Gasteiger partial charge on any atom is -0.321 e. The Bertz CT molecular complexity index is 297. The van der Waals surface area contributed by atoms with E-state index in [4.69, 9.17) is 5.26 Å². The maximum atomic E-state index is 8.80. The van der Waals surface area contributed by atoms with Gasteiger partial charge in [0.1, 0.15) is 6.04 Å². The van der Waals surface area contributed by atoms with E-state index in [2.05, 4.69) is 16.4 Å². The Hall–Kier alpha value is -1.34. The summed E-state index contributed by atoms with van der Waals surface area (Å²) in [5, 5.41) is 11.8. The minimum absolute atomic E-state index is 0.0851. The van der Waals surface area contributed by atoms with Gasteiger partial charge < -0.3 is 9.88 Å². The van der Waals surface area contributed by atoms with Crippen molar-refractivity contribution in [1.82, 2.24) is 14.9 Å². The Morgan fingerprint density at radius 1 is 1.77 bits per heavy atom. The molecule has 70 valence electrons. The van der Waals surface area contributed by atoms with Gasteiger partial charge in [-0.1, -0.05) is 6.92 Å². The van der Waals surface area contributed by atoms with Crippen LogP contribution >= 0.6 is 0 Å². The third-order valence-electron chi connectivity index (χ3n) is 1.91. The molecule has 1 N–H and O–H groups in total. The highest BCUT2D eigenvalue weighted by Crippen LogP contribution is 2.09. The molecule has 0 aliphatic carbocycles. The first-order chi connectivity index (χ1) is 6.31. The van der Waals surface area contributed by atoms with Gasteiger partial charge in [-0.25, -0.2) is 4.98 Å². The highest BCUT2D eigenvalue weighted by molar-refractivity contribution is 5.01. The first-order valence-electron chi connectivity index (χ1n) is 4.38. The number of hydrogen-bond acceptors (Lipinski definition) is 3. The van der Waals surface area contributed by atoms with Crippen molar-refractivity contribution < 1.29 is 0 Å². The molecule has 4 heteroatoms. The lowest BCUT2D eigenvalue weighted by Gasteiger charge is -2.05. The molecule has 0 radical (unpaired) electrons. The monoisotopic (exact) mass is 178 g/mol. The van der Waals surface area contributed by atoms with Crippen LogP contribution in [0.25, 0.3) is 0 Å². The van der Waals surface area contributed by atoms with E-state index in [0.29, 0.717) is 0 Å². The number of nitrogens with one attached hydrogen (secondary N) is 1. The second kappa shape index (κ2) is 4.63. The van der Waals surface area contributed by atoms with E-state index >= 15 is 0 Å². The molecule has 0 fully saturated rings. The average molecular weight is 178 g/mol.